The number of ether oxygens (including phenoxy) is 1. The van der Waals surface area contributed by atoms with Crippen molar-refractivity contribution in [2.24, 2.45) is 5.92 Å². The summed E-state index contributed by atoms with van der Waals surface area (Å²) in [4.78, 5) is 24.6. The van der Waals surface area contributed by atoms with Crippen molar-refractivity contribution in [3.8, 4) is 0 Å². The Morgan fingerprint density at radius 3 is 2.75 bits per heavy atom. The van der Waals surface area contributed by atoms with Gasteiger partial charge < -0.3 is 9.84 Å². The van der Waals surface area contributed by atoms with E-state index in [1.54, 1.807) is 24.3 Å². The smallest absolute Gasteiger partial charge is 0.411 e. The van der Waals surface area contributed by atoms with Gasteiger partial charge in [-0.15, -0.1) is 0 Å². The van der Waals surface area contributed by atoms with E-state index in [0.717, 1.165) is 5.56 Å². The van der Waals surface area contributed by atoms with Crippen molar-refractivity contribution in [2.75, 3.05) is 0 Å². The Labute approximate surface area is 122 Å². The lowest BCUT2D eigenvalue weighted by Crippen LogP contribution is -2.44. The third-order valence-corrected chi connectivity index (χ3v) is 3.51. The maximum Gasteiger partial charge on any atom is 0.411 e. The summed E-state index contributed by atoms with van der Waals surface area (Å²) < 4.78 is 5.18. The van der Waals surface area contributed by atoms with E-state index < -0.39 is 24.2 Å². The Morgan fingerprint density at radius 2 is 2.20 bits per heavy atom. The van der Waals surface area contributed by atoms with Crippen LogP contribution in [0.4, 0.5) is 4.79 Å². The lowest BCUT2D eigenvalue weighted by atomic mass is 9.99. The second kappa shape index (κ2) is 5.71. The quantitative estimate of drug-likeness (QED) is 0.928. The summed E-state index contributed by atoms with van der Waals surface area (Å²) in [6.45, 7) is 3.83. The van der Waals surface area contributed by atoms with Gasteiger partial charge in [-0.3, -0.25) is 4.90 Å². The zero-order valence-corrected chi connectivity index (χ0v) is 12.0. The van der Waals surface area contributed by atoms with Gasteiger partial charge in [0.15, 0.2) is 6.04 Å². The summed E-state index contributed by atoms with van der Waals surface area (Å²) >= 11 is 5.89. The van der Waals surface area contributed by atoms with Crippen LogP contribution in [0.2, 0.25) is 5.02 Å². The van der Waals surface area contributed by atoms with E-state index in [1.165, 1.54) is 4.90 Å². The monoisotopic (exact) mass is 297 g/mol. The summed E-state index contributed by atoms with van der Waals surface area (Å²) in [5, 5.41) is 9.90. The summed E-state index contributed by atoms with van der Waals surface area (Å²) in [6.07, 6.45) is -1.24. The molecular formula is C14H16ClNO4. The molecule has 0 unspecified atom stereocenters. The normalized spacial score (nSPS) is 22.2. The molecule has 0 radical (unpaired) electrons. The molecule has 0 aromatic heterocycles. The molecule has 6 heteroatoms. The van der Waals surface area contributed by atoms with Crippen molar-refractivity contribution in [3.05, 3.63) is 34.9 Å². The van der Waals surface area contributed by atoms with Crippen LogP contribution in [-0.4, -0.2) is 34.2 Å². The predicted octanol–water partition coefficient (Wildman–Crippen LogP) is 2.77. The van der Waals surface area contributed by atoms with E-state index in [4.69, 9.17) is 16.3 Å². The van der Waals surface area contributed by atoms with Crippen LogP contribution in [0.15, 0.2) is 24.3 Å². The molecule has 1 amide bonds. The first-order chi connectivity index (χ1) is 9.40. The zero-order valence-electron chi connectivity index (χ0n) is 11.2. The van der Waals surface area contributed by atoms with Crippen LogP contribution in [-0.2, 0) is 16.1 Å². The van der Waals surface area contributed by atoms with Crippen molar-refractivity contribution in [1.82, 2.24) is 4.90 Å². The number of aliphatic carboxylic acids is 1. The molecule has 1 aliphatic heterocycles. The van der Waals surface area contributed by atoms with Crippen LogP contribution in [0.25, 0.3) is 0 Å². The number of halogens is 1. The number of cyclic esters (lactones) is 1. The summed E-state index contributed by atoms with van der Waals surface area (Å²) in [5.74, 6) is -1.12. The fraction of sp³-hybridized carbons (Fsp3) is 0.429. The summed E-state index contributed by atoms with van der Waals surface area (Å²) in [5.41, 5.74) is 0.769. The molecule has 1 N–H and O–H groups in total. The molecule has 1 saturated heterocycles. The van der Waals surface area contributed by atoms with E-state index in [9.17, 15) is 14.7 Å². The Kier molecular flexibility index (Phi) is 4.18. The number of hydrogen-bond donors (Lipinski definition) is 1. The lowest BCUT2D eigenvalue weighted by Gasteiger charge is -2.22. The number of carboxylic acids is 1. The molecule has 1 aromatic carbocycles. The van der Waals surface area contributed by atoms with E-state index in [2.05, 4.69) is 0 Å². The number of amides is 1. The Balaban J connectivity index is 2.24. The molecule has 0 saturated carbocycles. The first-order valence-electron chi connectivity index (χ1n) is 6.34. The van der Waals surface area contributed by atoms with Crippen LogP contribution in [0.5, 0.6) is 0 Å². The van der Waals surface area contributed by atoms with Crippen molar-refractivity contribution in [1.29, 1.82) is 0 Å². The number of carbonyl (C=O) groups excluding carboxylic acids is 1. The number of carbonyl (C=O) groups is 2. The SMILES string of the molecule is CC(C)[C@@H]1OC(=O)N(Cc2cccc(Cl)c2)[C@H]1C(=O)O. The molecule has 108 valence electrons. The van der Waals surface area contributed by atoms with E-state index in [-0.39, 0.29) is 12.5 Å². The highest BCUT2D eigenvalue weighted by atomic mass is 35.5. The maximum atomic E-state index is 11.9. The lowest BCUT2D eigenvalue weighted by molar-refractivity contribution is -0.143. The highest BCUT2D eigenvalue weighted by Crippen LogP contribution is 2.27. The van der Waals surface area contributed by atoms with Gasteiger partial charge in [-0.2, -0.15) is 0 Å². The Hall–Kier alpha value is -1.75. The molecular weight excluding hydrogens is 282 g/mol. The number of carboxylic acid groups (broad SMARTS) is 1. The van der Waals surface area contributed by atoms with E-state index >= 15 is 0 Å². The van der Waals surface area contributed by atoms with Gasteiger partial charge in [-0.1, -0.05) is 37.6 Å². The maximum absolute atomic E-state index is 11.9. The number of rotatable bonds is 4. The van der Waals surface area contributed by atoms with Gasteiger partial charge in [0.1, 0.15) is 6.10 Å². The number of hydrogen-bond acceptors (Lipinski definition) is 3. The molecule has 2 rings (SSSR count). The molecule has 0 bridgehead atoms. The first-order valence-corrected chi connectivity index (χ1v) is 6.72. The van der Waals surface area contributed by atoms with Gasteiger partial charge >= 0.3 is 12.1 Å². The number of nitrogens with zero attached hydrogens (tertiary/aromatic N) is 1. The van der Waals surface area contributed by atoms with Gasteiger partial charge in [-0.25, -0.2) is 9.59 Å². The van der Waals surface area contributed by atoms with E-state index in [0.29, 0.717) is 5.02 Å². The molecule has 0 spiro atoms. The van der Waals surface area contributed by atoms with Crippen LogP contribution in [0.3, 0.4) is 0 Å². The molecule has 1 heterocycles. The van der Waals surface area contributed by atoms with Crippen molar-refractivity contribution in [3.63, 3.8) is 0 Å². The summed E-state index contributed by atoms with van der Waals surface area (Å²) in [6, 6.07) is 6.01. The predicted molar refractivity (Wildman–Crippen MR) is 73.5 cm³/mol. The van der Waals surface area contributed by atoms with Crippen LogP contribution in [0.1, 0.15) is 19.4 Å². The zero-order chi connectivity index (χ0) is 14.9. The second-order valence-electron chi connectivity index (χ2n) is 5.13. The van der Waals surface area contributed by atoms with Crippen molar-refractivity contribution in [2.45, 2.75) is 32.5 Å². The first kappa shape index (κ1) is 14.7. The van der Waals surface area contributed by atoms with Gasteiger partial charge in [0, 0.05) is 5.02 Å². The average molecular weight is 298 g/mol. The fourth-order valence-corrected chi connectivity index (χ4v) is 2.52. The van der Waals surface area contributed by atoms with Gasteiger partial charge in [0.25, 0.3) is 0 Å². The van der Waals surface area contributed by atoms with Crippen LogP contribution in [0, 0.1) is 5.92 Å². The molecule has 1 fully saturated rings. The van der Waals surface area contributed by atoms with Gasteiger partial charge in [0.05, 0.1) is 6.54 Å². The van der Waals surface area contributed by atoms with Crippen LogP contribution >= 0.6 is 11.6 Å². The minimum Gasteiger partial charge on any atom is -0.480 e. The van der Waals surface area contributed by atoms with Crippen molar-refractivity contribution < 1.29 is 19.4 Å². The largest absolute Gasteiger partial charge is 0.480 e. The van der Waals surface area contributed by atoms with Gasteiger partial charge in [-0.05, 0) is 23.6 Å². The highest BCUT2D eigenvalue weighted by molar-refractivity contribution is 6.30. The third kappa shape index (κ3) is 2.88. The minimum atomic E-state index is -1.06. The Bertz CT molecular complexity index is 532. The van der Waals surface area contributed by atoms with Gasteiger partial charge in [0.2, 0.25) is 0 Å². The second-order valence-corrected chi connectivity index (χ2v) is 5.57. The van der Waals surface area contributed by atoms with Crippen LogP contribution < -0.4 is 0 Å². The standard InChI is InChI=1S/C14H16ClNO4/c1-8(2)12-11(13(17)18)16(14(19)20-12)7-9-4-3-5-10(15)6-9/h3-6,8,11-12H,7H2,1-2H3,(H,17,18)/t11-,12+/m1/s1. The molecule has 1 aromatic rings. The average Bonchev–Trinajstić information content (AvgIpc) is 2.67. The molecule has 1 aliphatic rings. The highest BCUT2D eigenvalue weighted by Gasteiger charge is 2.47. The molecule has 2 atom stereocenters. The topological polar surface area (TPSA) is 66.8 Å². The number of benzene rings is 1. The molecule has 20 heavy (non-hydrogen) atoms. The molecule has 5 nitrogen and oxygen atoms in total. The summed E-state index contributed by atoms with van der Waals surface area (Å²) in [7, 11) is 0. The minimum absolute atomic E-state index is 0.0654. The van der Waals surface area contributed by atoms with Crippen molar-refractivity contribution >= 4 is 23.7 Å². The molecule has 0 aliphatic carbocycles. The fourth-order valence-electron chi connectivity index (χ4n) is 2.31. The third-order valence-electron chi connectivity index (χ3n) is 3.27. The Morgan fingerprint density at radius 1 is 1.50 bits per heavy atom. The van der Waals surface area contributed by atoms with E-state index in [1.807, 2.05) is 13.8 Å².